The molecule has 0 aliphatic heterocycles. The number of amides is 2. The van der Waals surface area contributed by atoms with E-state index in [-0.39, 0.29) is 41.2 Å². The number of carbonyl (C=O) groups excluding carboxylic acids is 2. The standard InChI is InChI=1S/C39H44ClN3O6S/c1-28-12-10-11-15-30(28)26-42(35(24-29-13-6-4-7-14-29)39(45)41-32-16-8-5-9-17-32)38(44)27-43(33-20-18-31(40)19-21-33)50(46,47)34-22-23-36(48-2)37(25-34)49-3/h4,6-7,10-15,18-23,25,32,35H,5,8-9,16-17,24,26-27H2,1-3H3,(H,41,45)/t35-/m0/s1. The normalized spacial score (nSPS) is 14.0. The monoisotopic (exact) mass is 717 g/mol. The molecule has 0 spiro atoms. The molecule has 11 heteroatoms. The van der Waals surface area contributed by atoms with E-state index >= 15 is 0 Å². The molecule has 1 atom stereocenters. The van der Waals surface area contributed by atoms with E-state index in [0.29, 0.717) is 10.8 Å². The zero-order chi connectivity index (χ0) is 35.7. The van der Waals surface area contributed by atoms with Crippen LogP contribution in [0.3, 0.4) is 0 Å². The molecule has 5 rings (SSSR count). The SMILES string of the molecule is COc1ccc(S(=O)(=O)N(CC(=O)N(Cc2ccccc2C)[C@@H](Cc2ccccc2)C(=O)NC2CCCCC2)c2ccc(Cl)cc2)cc1OC. The van der Waals surface area contributed by atoms with E-state index in [1.807, 2.05) is 61.5 Å². The predicted molar refractivity (Wildman–Crippen MR) is 196 cm³/mol. The van der Waals surface area contributed by atoms with Gasteiger partial charge in [0.1, 0.15) is 12.6 Å². The number of ether oxygens (including phenoxy) is 2. The number of nitrogens with zero attached hydrogens (tertiary/aromatic N) is 2. The Balaban J connectivity index is 1.58. The molecule has 0 bridgehead atoms. The fraction of sp³-hybridized carbons (Fsp3) is 0.333. The molecule has 2 amide bonds. The molecule has 0 unspecified atom stereocenters. The minimum Gasteiger partial charge on any atom is -0.493 e. The molecule has 1 N–H and O–H groups in total. The predicted octanol–water partition coefficient (Wildman–Crippen LogP) is 6.95. The van der Waals surface area contributed by atoms with Crippen molar-refractivity contribution in [2.24, 2.45) is 0 Å². The Bertz CT molecular complexity index is 1860. The van der Waals surface area contributed by atoms with Crippen molar-refractivity contribution in [3.05, 3.63) is 119 Å². The quantitative estimate of drug-likeness (QED) is 0.151. The van der Waals surface area contributed by atoms with Crippen molar-refractivity contribution in [1.29, 1.82) is 0 Å². The number of halogens is 1. The Morgan fingerprint density at radius 1 is 0.860 bits per heavy atom. The van der Waals surface area contributed by atoms with Crippen molar-refractivity contribution in [3.8, 4) is 11.5 Å². The van der Waals surface area contributed by atoms with Gasteiger partial charge in [-0.15, -0.1) is 0 Å². The summed E-state index contributed by atoms with van der Waals surface area (Å²) in [6, 6.07) is 26.9. The first-order valence-electron chi connectivity index (χ1n) is 16.8. The second-order valence-electron chi connectivity index (χ2n) is 12.5. The summed E-state index contributed by atoms with van der Waals surface area (Å²) >= 11 is 6.20. The highest BCUT2D eigenvalue weighted by Crippen LogP contribution is 2.33. The van der Waals surface area contributed by atoms with E-state index in [0.717, 1.165) is 53.1 Å². The number of sulfonamides is 1. The van der Waals surface area contributed by atoms with Gasteiger partial charge in [-0.1, -0.05) is 85.5 Å². The molecule has 50 heavy (non-hydrogen) atoms. The minimum absolute atomic E-state index is 0.0148. The average molecular weight is 718 g/mol. The Kier molecular flexibility index (Phi) is 12.4. The van der Waals surface area contributed by atoms with Crippen LogP contribution in [-0.4, -0.2) is 58.0 Å². The number of hydrogen-bond acceptors (Lipinski definition) is 6. The molecule has 9 nitrogen and oxygen atoms in total. The molecule has 264 valence electrons. The number of nitrogens with one attached hydrogen (secondary N) is 1. The fourth-order valence-electron chi connectivity index (χ4n) is 6.31. The minimum atomic E-state index is -4.36. The summed E-state index contributed by atoms with van der Waals surface area (Å²) in [5.74, 6) is -0.215. The summed E-state index contributed by atoms with van der Waals surface area (Å²) in [6.45, 7) is 1.48. The van der Waals surface area contributed by atoms with Crippen LogP contribution < -0.4 is 19.1 Å². The number of benzene rings is 4. The van der Waals surface area contributed by atoms with Gasteiger partial charge in [0.15, 0.2) is 11.5 Å². The van der Waals surface area contributed by atoms with Crippen molar-refractivity contribution in [2.75, 3.05) is 25.1 Å². The van der Waals surface area contributed by atoms with Crippen LogP contribution in [-0.2, 0) is 32.6 Å². The van der Waals surface area contributed by atoms with Gasteiger partial charge in [0.05, 0.1) is 24.8 Å². The molecule has 4 aromatic carbocycles. The highest BCUT2D eigenvalue weighted by Gasteiger charge is 2.36. The van der Waals surface area contributed by atoms with E-state index in [4.69, 9.17) is 21.1 Å². The lowest BCUT2D eigenvalue weighted by Gasteiger charge is -2.35. The number of aryl methyl sites for hydroxylation is 1. The zero-order valence-corrected chi connectivity index (χ0v) is 30.3. The lowest BCUT2D eigenvalue weighted by atomic mass is 9.94. The van der Waals surface area contributed by atoms with Gasteiger partial charge in [-0.25, -0.2) is 8.42 Å². The maximum Gasteiger partial charge on any atom is 0.264 e. The van der Waals surface area contributed by atoms with Gasteiger partial charge >= 0.3 is 0 Å². The number of methoxy groups -OCH3 is 2. The topological polar surface area (TPSA) is 105 Å². The first-order chi connectivity index (χ1) is 24.1. The Morgan fingerprint density at radius 3 is 2.18 bits per heavy atom. The molecular formula is C39H44ClN3O6S. The van der Waals surface area contributed by atoms with Crippen LogP contribution in [0.4, 0.5) is 5.69 Å². The van der Waals surface area contributed by atoms with Gasteiger partial charge in [-0.2, -0.15) is 0 Å². The van der Waals surface area contributed by atoms with Crippen LogP contribution in [0.1, 0.15) is 48.8 Å². The second-order valence-corrected chi connectivity index (χ2v) is 14.8. The third kappa shape index (κ3) is 8.97. The van der Waals surface area contributed by atoms with Crippen molar-refractivity contribution >= 4 is 39.1 Å². The summed E-state index contributed by atoms with van der Waals surface area (Å²) in [6.07, 6.45) is 5.20. The summed E-state index contributed by atoms with van der Waals surface area (Å²) in [5.41, 5.74) is 2.92. The Morgan fingerprint density at radius 2 is 1.52 bits per heavy atom. The van der Waals surface area contributed by atoms with Crippen LogP contribution in [0, 0.1) is 6.92 Å². The molecule has 1 aliphatic carbocycles. The summed E-state index contributed by atoms with van der Waals surface area (Å²) in [5, 5.41) is 3.65. The van der Waals surface area contributed by atoms with Crippen LogP contribution >= 0.6 is 11.6 Å². The van der Waals surface area contributed by atoms with Crippen molar-refractivity contribution in [3.63, 3.8) is 0 Å². The van der Waals surface area contributed by atoms with Crippen LogP contribution in [0.2, 0.25) is 5.02 Å². The van der Waals surface area contributed by atoms with Crippen LogP contribution in [0.15, 0.2) is 102 Å². The summed E-state index contributed by atoms with van der Waals surface area (Å²) in [4.78, 5) is 30.5. The Hall–Kier alpha value is -4.54. The summed E-state index contributed by atoms with van der Waals surface area (Å²) in [7, 11) is -1.47. The molecular weight excluding hydrogens is 674 g/mol. The zero-order valence-electron chi connectivity index (χ0n) is 28.7. The van der Waals surface area contributed by atoms with Gasteiger partial charge in [0.25, 0.3) is 10.0 Å². The van der Waals surface area contributed by atoms with E-state index in [1.165, 1.54) is 37.3 Å². The van der Waals surface area contributed by atoms with Crippen molar-refractivity contribution in [2.45, 2.75) is 69.0 Å². The first-order valence-corrected chi connectivity index (χ1v) is 18.6. The number of carbonyl (C=O) groups is 2. The van der Waals surface area contributed by atoms with Gasteiger partial charge in [-0.05, 0) is 72.9 Å². The van der Waals surface area contributed by atoms with Gasteiger partial charge in [0, 0.05) is 30.1 Å². The third-order valence-electron chi connectivity index (χ3n) is 9.16. The third-order valence-corrected chi connectivity index (χ3v) is 11.2. The second kappa shape index (κ2) is 16.9. The smallest absolute Gasteiger partial charge is 0.264 e. The van der Waals surface area contributed by atoms with Gasteiger partial charge in [0.2, 0.25) is 11.8 Å². The number of anilines is 1. The number of hydrogen-bond donors (Lipinski definition) is 1. The average Bonchev–Trinajstić information content (AvgIpc) is 3.13. The van der Waals surface area contributed by atoms with E-state index in [2.05, 4.69) is 5.32 Å². The van der Waals surface area contributed by atoms with Gasteiger partial charge < -0.3 is 19.7 Å². The van der Waals surface area contributed by atoms with E-state index < -0.39 is 28.5 Å². The maximum atomic E-state index is 14.8. The fourth-order valence-corrected chi connectivity index (χ4v) is 7.87. The molecule has 4 aromatic rings. The van der Waals surface area contributed by atoms with Crippen LogP contribution in [0.5, 0.6) is 11.5 Å². The van der Waals surface area contributed by atoms with E-state index in [9.17, 15) is 18.0 Å². The largest absolute Gasteiger partial charge is 0.493 e. The van der Waals surface area contributed by atoms with E-state index in [1.54, 1.807) is 24.3 Å². The van der Waals surface area contributed by atoms with Crippen molar-refractivity contribution in [1.82, 2.24) is 10.2 Å². The highest BCUT2D eigenvalue weighted by atomic mass is 35.5. The highest BCUT2D eigenvalue weighted by molar-refractivity contribution is 7.92. The lowest BCUT2D eigenvalue weighted by Crippen LogP contribution is -2.55. The molecule has 1 aliphatic rings. The number of rotatable bonds is 14. The lowest BCUT2D eigenvalue weighted by molar-refractivity contribution is -0.140. The Labute approximate surface area is 300 Å². The van der Waals surface area contributed by atoms with Crippen LogP contribution in [0.25, 0.3) is 0 Å². The molecule has 0 aromatic heterocycles. The molecule has 0 heterocycles. The molecule has 0 radical (unpaired) electrons. The summed E-state index contributed by atoms with van der Waals surface area (Å²) < 4.78 is 40.7. The maximum absolute atomic E-state index is 14.8. The molecule has 1 saturated carbocycles. The first kappa shape index (κ1) is 36.7. The van der Waals surface area contributed by atoms with Gasteiger partial charge in [-0.3, -0.25) is 13.9 Å². The van der Waals surface area contributed by atoms with Crippen molar-refractivity contribution < 1.29 is 27.5 Å². The molecule has 1 fully saturated rings. The molecule has 0 saturated heterocycles.